The fourth-order valence-corrected chi connectivity index (χ4v) is 3.14. The lowest BCUT2D eigenvalue weighted by Gasteiger charge is -2.39. The molecule has 1 aromatic heterocycles. The summed E-state index contributed by atoms with van der Waals surface area (Å²) in [5.41, 5.74) is -2.34. The highest BCUT2D eigenvalue weighted by Gasteiger charge is 2.47. The van der Waals surface area contributed by atoms with Crippen LogP contribution in [0.25, 0.3) is 0 Å². The summed E-state index contributed by atoms with van der Waals surface area (Å²) in [5, 5.41) is 58.8. The number of aromatic nitrogens is 2. The number of aliphatic hydroxyl groups is 6. The molecule has 0 bridgehead atoms. The van der Waals surface area contributed by atoms with Gasteiger partial charge in [-0.15, -0.1) is 0 Å². The summed E-state index contributed by atoms with van der Waals surface area (Å²) in [4.78, 5) is 24.6. The average molecular weight is 424 g/mol. The maximum atomic E-state index is 13.5. The Kier molecular flexibility index (Phi) is 6.47. The molecule has 0 radical (unpaired) electrons. The second-order valence-corrected chi connectivity index (χ2v) is 6.72. The zero-order valence-corrected chi connectivity index (χ0v) is 14.7. The number of hydrogen-bond acceptors (Lipinski definition) is 11. The van der Waals surface area contributed by atoms with E-state index in [2.05, 4.69) is 0 Å². The van der Waals surface area contributed by atoms with E-state index in [0.717, 1.165) is 0 Å². The summed E-state index contributed by atoms with van der Waals surface area (Å²) in [7, 11) is 0. The summed E-state index contributed by atoms with van der Waals surface area (Å²) >= 11 is 0. The molecule has 0 aliphatic carbocycles. The Morgan fingerprint density at radius 2 is 1.66 bits per heavy atom. The van der Waals surface area contributed by atoms with Gasteiger partial charge in [0, 0.05) is 0 Å². The van der Waals surface area contributed by atoms with Crippen LogP contribution in [0.3, 0.4) is 0 Å². The van der Waals surface area contributed by atoms with E-state index in [-0.39, 0.29) is 0 Å². The van der Waals surface area contributed by atoms with Crippen molar-refractivity contribution in [2.45, 2.75) is 55.2 Å². The van der Waals surface area contributed by atoms with Gasteiger partial charge in [0.2, 0.25) is 5.82 Å². The van der Waals surface area contributed by atoms with Gasteiger partial charge in [-0.25, -0.2) is 4.79 Å². The van der Waals surface area contributed by atoms with Crippen LogP contribution in [0.2, 0.25) is 0 Å². The van der Waals surface area contributed by atoms with Crippen LogP contribution in [0.15, 0.2) is 15.8 Å². The Morgan fingerprint density at radius 3 is 2.31 bits per heavy atom. The van der Waals surface area contributed by atoms with E-state index in [1.54, 1.807) is 4.98 Å². The van der Waals surface area contributed by atoms with Gasteiger partial charge in [-0.05, 0) is 0 Å². The summed E-state index contributed by atoms with van der Waals surface area (Å²) < 4.78 is 29.7. The van der Waals surface area contributed by atoms with Gasteiger partial charge in [-0.3, -0.25) is 14.3 Å². The van der Waals surface area contributed by atoms with E-state index in [0.29, 0.717) is 10.8 Å². The highest BCUT2D eigenvalue weighted by atomic mass is 19.1. The lowest BCUT2D eigenvalue weighted by atomic mass is 9.99. The largest absolute Gasteiger partial charge is 0.394 e. The molecule has 1 aromatic rings. The van der Waals surface area contributed by atoms with Crippen molar-refractivity contribution in [1.29, 1.82) is 0 Å². The smallest absolute Gasteiger partial charge is 0.330 e. The van der Waals surface area contributed by atoms with Crippen LogP contribution in [0.1, 0.15) is 6.23 Å². The molecular formula is C15H21FN2O11. The van der Waals surface area contributed by atoms with Crippen molar-refractivity contribution in [3.05, 3.63) is 32.9 Å². The molecule has 3 heterocycles. The first-order valence-corrected chi connectivity index (χ1v) is 8.60. The highest BCUT2D eigenvalue weighted by Crippen LogP contribution is 2.30. The molecule has 0 amide bonds. The van der Waals surface area contributed by atoms with Crippen molar-refractivity contribution in [2.75, 3.05) is 13.2 Å². The molecule has 29 heavy (non-hydrogen) atoms. The lowest BCUT2D eigenvalue weighted by Crippen LogP contribution is -2.59. The number of ether oxygens (including phenoxy) is 3. The van der Waals surface area contributed by atoms with Crippen LogP contribution in [-0.2, 0) is 14.2 Å². The van der Waals surface area contributed by atoms with E-state index < -0.39 is 85.5 Å². The van der Waals surface area contributed by atoms with E-state index in [4.69, 9.17) is 19.3 Å². The average Bonchev–Trinajstić information content (AvgIpc) is 2.97. The Bertz CT molecular complexity index is 829. The first kappa shape index (κ1) is 21.9. The SMILES string of the molecule is O=c1[nH]c(=O)n([C@H]2O[C@@H](CO[C@@H]3O[C@H](CO)[C@H](O)[C@H](O)[C@H]3O)C(O)C2O)cc1F. The molecule has 164 valence electrons. The molecule has 9 atom stereocenters. The van der Waals surface area contributed by atoms with Crippen molar-refractivity contribution in [3.63, 3.8) is 0 Å². The molecule has 2 aliphatic rings. The monoisotopic (exact) mass is 424 g/mol. The molecule has 7 N–H and O–H groups in total. The number of halogens is 1. The van der Waals surface area contributed by atoms with Gasteiger partial charge in [0.25, 0.3) is 5.56 Å². The lowest BCUT2D eigenvalue weighted by molar-refractivity contribution is -0.306. The molecular weight excluding hydrogens is 403 g/mol. The molecule has 0 aromatic carbocycles. The zero-order chi connectivity index (χ0) is 21.5. The van der Waals surface area contributed by atoms with Gasteiger partial charge in [-0.1, -0.05) is 0 Å². The first-order chi connectivity index (χ1) is 13.6. The van der Waals surface area contributed by atoms with Gasteiger partial charge in [0.1, 0.15) is 42.7 Å². The van der Waals surface area contributed by atoms with E-state index in [1.165, 1.54) is 0 Å². The van der Waals surface area contributed by atoms with Gasteiger partial charge < -0.3 is 44.8 Å². The minimum absolute atomic E-state index is 0.516. The molecule has 0 saturated carbocycles. The number of aliphatic hydroxyl groups excluding tert-OH is 6. The topological polar surface area (TPSA) is 204 Å². The molecule has 0 spiro atoms. The summed E-state index contributed by atoms with van der Waals surface area (Å²) in [6.45, 7) is -1.19. The summed E-state index contributed by atoms with van der Waals surface area (Å²) in [6.07, 6.45) is -13.3. The molecule has 2 saturated heterocycles. The molecule has 2 unspecified atom stereocenters. The fourth-order valence-electron chi connectivity index (χ4n) is 3.14. The second-order valence-electron chi connectivity index (χ2n) is 6.72. The Hall–Kier alpha value is -1.75. The number of aromatic amines is 1. The third kappa shape index (κ3) is 4.11. The number of H-pyrrole nitrogens is 1. The van der Waals surface area contributed by atoms with Crippen LogP contribution < -0.4 is 11.2 Å². The Balaban J connectivity index is 1.69. The number of rotatable bonds is 5. The van der Waals surface area contributed by atoms with Crippen molar-refractivity contribution >= 4 is 0 Å². The zero-order valence-electron chi connectivity index (χ0n) is 14.7. The van der Waals surface area contributed by atoms with Crippen LogP contribution >= 0.6 is 0 Å². The van der Waals surface area contributed by atoms with Gasteiger partial charge in [0.15, 0.2) is 12.5 Å². The number of hydrogen-bond donors (Lipinski definition) is 7. The summed E-state index contributed by atoms with van der Waals surface area (Å²) in [6, 6.07) is 0. The van der Waals surface area contributed by atoms with Crippen LogP contribution in [0.4, 0.5) is 4.39 Å². The first-order valence-electron chi connectivity index (χ1n) is 8.60. The summed E-state index contributed by atoms with van der Waals surface area (Å²) in [5.74, 6) is -1.31. The van der Waals surface area contributed by atoms with Gasteiger partial charge >= 0.3 is 5.69 Å². The van der Waals surface area contributed by atoms with Crippen molar-refractivity contribution in [2.24, 2.45) is 0 Å². The normalized spacial score (nSPS) is 40.3. The third-order valence-corrected chi connectivity index (χ3v) is 4.81. The van der Waals surface area contributed by atoms with Gasteiger partial charge in [-0.2, -0.15) is 4.39 Å². The van der Waals surface area contributed by atoms with E-state index in [9.17, 15) is 39.5 Å². The van der Waals surface area contributed by atoms with E-state index >= 15 is 0 Å². The maximum Gasteiger partial charge on any atom is 0.330 e. The predicted octanol–water partition coefficient (Wildman–Crippen LogP) is -4.89. The quantitative estimate of drug-likeness (QED) is 0.239. The van der Waals surface area contributed by atoms with Crippen molar-refractivity contribution in [3.8, 4) is 0 Å². The highest BCUT2D eigenvalue weighted by molar-refractivity contribution is 4.95. The van der Waals surface area contributed by atoms with Gasteiger partial charge in [0.05, 0.1) is 19.4 Å². The van der Waals surface area contributed by atoms with Crippen LogP contribution in [0.5, 0.6) is 0 Å². The molecule has 3 rings (SSSR count). The third-order valence-electron chi connectivity index (χ3n) is 4.81. The molecule has 2 fully saturated rings. The van der Waals surface area contributed by atoms with Crippen molar-refractivity contribution in [1.82, 2.24) is 9.55 Å². The number of nitrogens with zero attached hydrogens (tertiary/aromatic N) is 1. The van der Waals surface area contributed by atoms with Crippen LogP contribution in [0, 0.1) is 5.82 Å². The Morgan fingerprint density at radius 1 is 1.00 bits per heavy atom. The predicted molar refractivity (Wildman–Crippen MR) is 86.9 cm³/mol. The van der Waals surface area contributed by atoms with E-state index in [1.807, 2.05) is 0 Å². The minimum Gasteiger partial charge on any atom is -0.394 e. The molecule has 13 nitrogen and oxygen atoms in total. The molecule has 2 aliphatic heterocycles. The number of nitrogens with one attached hydrogen (secondary N) is 1. The molecule has 14 heteroatoms. The fraction of sp³-hybridized carbons (Fsp3) is 0.733. The minimum atomic E-state index is -1.69. The van der Waals surface area contributed by atoms with Crippen molar-refractivity contribution < 1.29 is 49.2 Å². The van der Waals surface area contributed by atoms with Crippen LogP contribution in [-0.4, -0.2) is 102 Å². The maximum absolute atomic E-state index is 13.5. The second kappa shape index (κ2) is 8.55. The standard InChI is InChI=1S/C15H21FN2O11/c16-4-1-18(15(26)17-12(4)25)13-10(23)8(21)6(28-13)3-27-14-11(24)9(22)7(20)5(2-19)29-14/h1,5-11,13-14,19-24H,2-3H2,(H,17,25,26)/t5-,6+,7+,8?,9+,10?,11-,13+,14-/m1/s1. The Labute approximate surface area is 161 Å².